The number of hydrogen-bond donors (Lipinski definition) is 3. The Morgan fingerprint density at radius 3 is 1.51 bits per heavy atom. The molecule has 63 heavy (non-hydrogen) atoms. The molecule has 358 valence electrons. The standard InChI is InChI=1S/C57H95NO5/c1-4-7-10-13-16-19-22-25-28-30-33-36-39-42-45-48-53(63-57(62)50-47-44-41-38-35-32-29-26-23-20-17-14-11-8-5-2)51-56(61)58-54(52-59)55(60)49-46-43-40-37-34-31-27-24-21-18-15-12-9-6-3/h8,11,14,16-17,19-20,23,25-26,28-29,32-33,35-36,42,45,53-55,59-60H,4-7,9-10,12-13,15,18,21-22,24,27,30-31,34,37-41,43-44,46-52H2,1-3H3,(H,58,61)/b11-8+,17-14+,19-16-,23-20-,28-25-,29-26-,35-32+,36-33-,45-42-. The second-order valence-corrected chi connectivity index (χ2v) is 17.0. The molecule has 3 atom stereocenters. The molecule has 0 aliphatic heterocycles. The molecule has 0 rings (SSSR count). The molecule has 0 aromatic rings. The van der Waals surface area contributed by atoms with Crippen molar-refractivity contribution in [1.82, 2.24) is 5.32 Å². The number of allylic oxidation sites excluding steroid dienone is 17. The molecule has 0 aliphatic rings. The lowest BCUT2D eigenvalue weighted by Gasteiger charge is -2.24. The van der Waals surface area contributed by atoms with Crippen LogP contribution in [0.3, 0.4) is 0 Å². The summed E-state index contributed by atoms with van der Waals surface area (Å²) in [6.07, 6.45) is 67.3. The van der Waals surface area contributed by atoms with Crippen LogP contribution in [-0.2, 0) is 14.3 Å². The number of esters is 1. The summed E-state index contributed by atoms with van der Waals surface area (Å²) in [5.74, 6) is -0.635. The zero-order valence-electron chi connectivity index (χ0n) is 40.7. The minimum atomic E-state index is -0.825. The van der Waals surface area contributed by atoms with Crippen molar-refractivity contribution in [2.75, 3.05) is 6.61 Å². The van der Waals surface area contributed by atoms with Crippen LogP contribution < -0.4 is 5.32 Å². The average molecular weight is 874 g/mol. The van der Waals surface area contributed by atoms with Crippen LogP contribution in [0.15, 0.2) is 109 Å². The number of aliphatic hydroxyl groups excluding tert-OH is 2. The Morgan fingerprint density at radius 1 is 0.508 bits per heavy atom. The van der Waals surface area contributed by atoms with E-state index in [0.29, 0.717) is 19.3 Å². The molecule has 6 heteroatoms. The van der Waals surface area contributed by atoms with Crippen molar-refractivity contribution in [1.29, 1.82) is 0 Å². The highest BCUT2D eigenvalue weighted by Gasteiger charge is 2.23. The number of amides is 1. The van der Waals surface area contributed by atoms with E-state index in [0.717, 1.165) is 77.0 Å². The highest BCUT2D eigenvalue weighted by atomic mass is 16.5. The van der Waals surface area contributed by atoms with Gasteiger partial charge in [-0.25, -0.2) is 0 Å². The molecule has 3 unspecified atom stereocenters. The van der Waals surface area contributed by atoms with Crippen molar-refractivity contribution in [3.05, 3.63) is 109 Å². The smallest absolute Gasteiger partial charge is 0.306 e. The fourth-order valence-corrected chi connectivity index (χ4v) is 7.08. The van der Waals surface area contributed by atoms with E-state index in [1.807, 2.05) is 60.8 Å². The van der Waals surface area contributed by atoms with Gasteiger partial charge in [-0.1, -0.05) is 239 Å². The van der Waals surface area contributed by atoms with Crippen molar-refractivity contribution < 1.29 is 24.5 Å². The molecule has 0 radical (unpaired) electrons. The molecule has 1 amide bonds. The molecular formula is C57H95NO5. The normalized spacial score (nSPS) is 14.2. The van der Waals surface area contributed by atoms with Gasteiger partial charge in [0, 0.05) is 12.8 Å². The number of rotatable bonds is 44. The van der Waals surface area contributed by atoms with Gasteiger partial charge in [0.15, 0.2) is 0 Å². The Balaban J connectivity index is 4.81. The van der Waals surface area contributed by atoms with Gasteiger partial charge in [0.1, 0.15) is 6.10 Å². The molecule has 0 fully saturated rings. The molecular weight excluding hydrogens is 779 g/mol. The summed E-state index contributed by atoms with van der Waals surface area (Å²) in [6.45, 7) is 6.27. The van der Waals surface area contributed by atoms with Crippen molar-refractivity contribution in [2.24, 2.45) is 0 Å². The molecule has 0 bridgehead atoms. The SMILES string of the molecule is CC/C=C/C=C/C=C\C=C/C=C/CCCCCC(=O)OC(C/C=C\C/C=C\C/C=C\C/C=C\CCCCC)CC(=O)NC(CO)C(O)CCCCCCCCCCCCCCCC. The fraction of sp³-hybridized carbons (Fsp3) is 0.649. The molecule has 0 saturated heterocycles. The van der Waals surface area contributed by atoms with Crippen molar-refractivity contribution in [2.45, 2.75) is 232 Å². The number of unbranched alkanes of at least 4 members (excludes halogenated alkanes) is 19. The highest BCUT2D eigenvalue weighted by Crippen LogP contribution is 2.16. The van der Waals surface area contributed by atoms with Crippen LogP contribution in [0.4, 0.5) is 0 Å². The minimum Gasteiger partial charge on any atom is -0.461 e. The van der Waals surface area contributed by atoms with Gasteiger partial charge in [-0.3, -0.25) is 9.59 Å². The second kappa shape index (κ2) is 49.5. The first-order valence-electron chi connectivity index (χ1n) is 25.7. The predicted octanol–water partition coefficient (Wildman–Crippen LogP) is 15.5. The molecule has 3 N–H and O–H groups in total. The quantitative estimate of drug-likeness (QED) is 0.0245. The first kappa shape index (κ1) is 59.5. The zero-order chi connectivity index (χ0) is 45.9. The number of nitrogens with one attached hydrogen (secondary N) is 1. The first-order valence-corrected chi connectivity index (χ1v) is 25.7. The van der Waals surface area contributed by atoms with E-state index in [2.05, 4.69) is 74.7 Å². The average Bonchev–Trinajstić information content (AvgIpc) is 3.28. The Bertz CT molecular complexity index is 1300. The topological polar surface area (TPSA) is 95.9 Å². The lowest BCUT2D eigenvalue weighted by molar-refractivity contribution is -0.150. The van der Waals surface area contributed by atoms with Gasteiger partial charge < -0.3 is 20.3 Å². The van der Waals surface area contributed by atoms with Gasteiger partial charge in [-0.15, -0.1) is 0 Å². The van der Waals surface area contributed by atoms with Crippen LogP contribution in [0.5, 0.6) is 0 Å². The predicted molar refractivity (Wildman–Crippen MR) is 273 cm³/mol. The van der Waals surface area contributed by atoms with E-state index in [4.69, 9.17) is 4.74 Å². The van der Waals surface area contributed by atoms with Crippen LogP contribution in [0.1, 0.15) is 213 Å². The van der Waals surface area contributed by atoms with E-state index in [9.17, 15) is 19.8 Å². The Labute approximate surface area is 388 Å². The first-order chi connectivity index (χ1) is 31.0. The number of aliphatic hydroxyl groups is 2. The molecule has 0 aliphatic carbocycles. The van der Waals surface area contributed by atoms with E-state index < -0.39 is 18.2 Å². The van der Waals surface area contributed by atoms with Gasteiger partial charge in [0.05, 0.1) is 25.2 Å². The fourth-order valence-electron chi connectivity index (χ4n) is 7.08. The maximum atomic E-state index is 13.2. The molecule has 0 aromatic heterocycles. The Morgan fingerprint density at radius 2 is 0.952 bits per heavy atom. The third-order valence-corrected chi connectivity index (χ3v) is 11.0. The third-order valence-electron chi connectivity index (χ3n) is 11.0. The highest BCUT2D eigenvalue weighted by molar-refractivity contribution is 5.77. The number of hydrogen-bond acceptors (Lipinski definition) is 5. The van der Waals surface area contributed by atoms with Crippen molar-refractivity contribution >= 4 is 11.9 Å². The van der Waals surface area contributed by atoms with Crippen LogP contribution >= 0.6 is 0 Å². The van der Waals surface area contributed by atoms with Crippen LogP contribution in [0.2, 0.25) is 0 Å². The zero-order valence-corrected chi connectivity index (χ0v) is 40.7. The summed E-state index contributed by atoms with van der Waals surface area (Å²) in [5, 5.41) is 23.7. The number of ether oxygens (including phenoxy) is 1. The largest absolute Gasteiger partial charge is 0.461 e. The summed E-state index contributed by atoms with van der Waals surface area (Å²) < 4.78 is 5.85. The van der Waals surface area contributed by atoms with Gasteiger partial charge in [0.25, 0.3) is 0 Å². The molecule has 0 saturated carbocycles. The molecule has 6 nitrogen and oxygen atoms in total. The van der Waals surface area contributed by atoms with Crippen molar-refractivity contribution in [3.63, 3.8) is 0 Å². The van der Waals surface area contributed by atoms with Gasteiger partial charge in [0.2, 0.25) is 5.91 Å². The Hall–Kier alpha value is -3.48. The van der Waals surface area contributed by atoms with E-state index in [1.165, 1.54) is 89.9 Å². The molecule has 0 heterocycles. The molecule has 0 spiro atoms. The molecule has 0 aromatic carbocycles. The third kappa shape index (κ3) is 44.9. The number of carbonyl (C=O) groups excluding carboxylic acids is 2. The van der Waals surface area contributed by atoms with Crippen LogP contribution in [0.25, 0.3) is 0 Å². The second-order valence-electron chi connectivity index (χ2n) is 17.0. The summed E-state index contributed by atoms with van der Waals surface area (Å²) in [7, 11) is 0. The van der Waals surface area contributed by atoms with Gasteiger partial charge >= 0.3 is 5.97 Å². The van der Waals surface area contributed by atoms with E-state index in [1.54, 1.807) is 0 Å². The maximum Gasteiger partial charge on any atom is 0.306 e. The van der Waals surface area contributed by atoms with E-state index in [-0.39, 0.29) is 24.9 Å². The maximum absolute atomic E-state index is 13.2. The van der Waals surface area contributed by atoms with E-state index >= 15 is 0 Å². The minimum absolute atomic E-state index is 0.0223. The lowest BCUT2D eigenvalue weighted by Crippen LogP contribution is -2.46. The lowest BCUT2D eigenvalue weighted by atomic mass is 10.0. The summed E-state index contributed by atoms with van der Waals surface area (Å²) >= 11 is 0. The van der Waals surface area contributed by atoms with Gasteiger partial charge in [-0.05, 0) is 64.2 Å². The summed E-state index contributed by atoms with van der Waals surface area (Å²) in [6, 6.07) is -0.747. The van der Waals surface area contributed by atoms with Crippen molar-refractivity contribution in [3.8, 4) is 0 Å². The monoisotopic (exact) mass is 874 g/mol. The van der Waals surface area contributed by atoms with Crippen LogP contribution in [-0.4, -0.2) is 46.9 Å². The Kier molecular flexibility index (Phi) is 46.8. The summed E-state index contributed by atoms with van der Waals surface area (Å²) in [5.41, 5.74) is 0. The summed E-state index contributed by atoms with van der Waals surface area (Å²) in [4.78, 5) is 26.1. The van der Waals surface area contributed by atoms with Crippen LogP contribution in [0, 0.1) is 0 Å². The van der Waals surface area contributed by atoms with Gasteiger partial charge in [-0.2, -0.15) is 0 Å². The number of carbonyl (C=O) groups is 2.